The van der Waals surface area contributed by atoms with Gasteiger partial charge in [-0.2, -0.15) is 0 Å². The van der Waals surface area contributed by atoms with Gasteiger partial charge in [-0.05, 0) is 62.3 Å². The number of ether oxygens (including phenoxy) is 2. The smallest absolute Gasteiger partial charge is 0.341 e. The number of benzene rings is 1. The Morgan fingerprint density at radius 3 is 2.39 bits per heavy atom. The third-order valence-corrected chi connectivity index (χ3v) is 5.44. The molecule has 0 fully saturated rings. The maximum Gasteiger partial charge on any atom is 0.341 e. The summed E-state index contributed by atoms with van der Waals surface area (Å²) in [5, 5.41) is 7.07. The SMILES string of the molecule is CCCCOC(=O)c1ccc(NC(=S)Nc2sc(C)c(C)c2C(=O)OC)cc1. The van der Waals surface area contributed by atoms with Crippen LogP contribution < -0.4 is 10.6 Å². The second-order valence-corrected chi connectivity index (χ2v) is 7.76. The van der Waals surface area contributed by atoms with Gasteiger partial charge in [0.2, 0.25) is 0 Å². The van der Waals surface area contributed by atoms with E-state index in [1.807, 2.05) is 20.8 Å². The van der Waals surface area contributed by atoms with E-state index >= 15 is 0 Å². The molecule has 0 spiro atoms. The molecular formula is C20H24N2O4S2. The minimum Gasteiger partial charge on any atom is -0.465 e. The van der Waals surface area contributed by atoms with Crippen LogP contribution >= 0.6 is 23.6 Å². The van der Waals surface area contributed by atoms with Gasteiger partial charge in [0, 0.05) is 10.6 Å². The van der Waals surface area contributed by atoms with Gasteiger partial charge in [-0.25, -0.2) is 9.59 Å². The number of carbonyl (C=O) groups is 2. The van der Waals surface area contributed by atoms with Crippen LogP contribution in [0.5, 0.6) is 0 Å². The van der Waals surface area contributed by atoms with Crippen LogP contribution in [-0.2, 0) is 9.47 Å². The Hall–Kier alpha value is -2.45. The van der Waals surface area contributed by atoms with Crippen molar-refractivity contribution in [1.29, 1.82) is 0 Å². The van der Waals surface area contributed by atoms with Crippen LogP contribution in [0, 0.1) is 13.8 Å². The minimum atomic E-state index is -0.405. The van der Waals surface area contributed by atoms with Crippen molar-refractivity contribution in [2.45, 2.75) is 33.6 Å². The Bertz CT molecular complexity index is 860. The van der Waals surface area contributed by atoms with E-state index in [1.165, 1.54) is 18.4 Å². The zero-order chi connectivity index (χ0) is 20.7. The summed E-state index contributed by atoms with van der Waals surface area (Å²) in [4.78, 5) is 25.0. The predicted molar refractivity (Wildman–Crippen MR) is 117 cm³/mol. The average molecular weight is 421 g/mol. The summed E-state index contributed by atoms with van der Waals surface area (Å²) < 4.78 is 10.1. The molecule has 1 heterocycles. The largest absolute Gasteiger partial charge is 0.465 e. The molecule has 0 bridgehead atoms. The Labute approximate surface area is 174 Å². The standard InChI is InChI=1S/C20H24N2O4S2/c1-5-6-11-26-18(23)14-7-9-15(10-8-14)21-20(27)22-17-16(19(24)25-4)12(2)13(3)28-17/h7-10H,5-6,11H2,1-4H3,(H2,21,22,27). The summed E-state index contributed by atoms with van der Waals surface area (Å²) in [6.45, 7) is 6.27. The molecule has 8 heteroatoms. The number of hydrogen-bond acceptors (Lipinski definition) is 6. The molecule has 0 saturated carbocycles. The lowest BCUT2D eigenvalue weighted by Crippen LogP contribution is -2.20. The molecule has 0 amide bonds. The van der Waals surface area contributed by atoms with Crippen molar-refractivity contribution in [3.8, 4) is 0 Å². The molecule has 0 unspecified atom stereocenters. The predicted octanol–water partition coefficient (Wildman–Crippen LogP) is 4.92. The Kier molecular flexibility index (Phi) is 7.95. The molecule has 6 nitrogen and oxygen atoms in total. The number of rotatable bonds is 7. The molecular weight excluding hydrogens is 396 g/mol. The molecule has 2 aromatic rings. The summed E-state index contributed by atoms with van der Waals surface area (Å²) in [6, 6.07) is 6.85. The number of carbonyl (C=O) groups excluding carboxylic acids is 2. The molecule has 0 aliphatic heterocycles. The number of hydrogen-bond donors (Lipinski definition) is 2. The van der Waals surface area contributed by atoms with E-state index in [4.69, 9.17) is 21.7 Å². The van der Waals surface area contributed by atoms with Crippen LogP contribution in [0.3, 0.4) is 0 Å². The van der Waals surface area contributed by atoms with Crippen LogP contribution in [0.2, 0.25) is 0 Å². The molecule has 0 saturated heterocycles. The van der Waals surface area contributed by atoms with Gasteiger partial charge < -0.3 is 20.1 Å². The van der Waals surface area contributed by atoms with Gasteiger partial charge in [0.05, 0.1) is 24.8 Å². The van der Waals surface area contributed by atoms with E-state index in [0.717, 1.165) is 23.3 Å². The van der Waals surface area contributed by atoms with Crippen molar-refractivity contribution in [2.24, 2.45) is 0 Å². The van der Waals surface area contributed by atoms with Crippen LogP contribution in [0.15, 0.2) is 24.3 Å². The fourth-order valence-electron chi connectivity index (χ4n) is 2.41. The second-order valence-electron chi connectivity index (χ2n) is 6.12. The fourth-order valence-corrected chi connectivity index (χ4v) is 3.75. The zero-order valence-electron chi connectivity index (χ0n) is 16.4. The van der Waals surface area contributed by atoms with Crippen LogP contribution in [0.25, 0.3) is 0 Å². The fraction of sp³-hybridized carbons (Fsp3) is 0.350. The first kappa shape index (κ1) is 21.8. The maximum atomic E-state index is 12.0. The highest BCUT2D eigenvalue weighted by atomic mass is 32.1. The average Bonchev–Trinajstić information content (AvgIpc) is 2.95. The Morgan fingerprint density at radius 1 is 1.11 bits per heavy atom. The molecule has 0 aliphatic rings. The molecule has 28 heavy (non-hydrogen) atoms. The number of unbranched alkanes of at least 4 members (excludes halogenated alkanes) is 1. The number of thiophene rings is 1. The molecule has 150 valence electrons. The topological polar surface area (TPSA) is 76.7 Å². The van der Waals surface area contributed by atoms with Crippen molar-refractivity contribution in [3.63, 3.8) is 0 Å². The lowest BCUT2D eigenvalue weighted by atomic mass is 10.1. The molecule has 0 aliphatic carbocycles. The van der Waals surface area contributed by atoms with Gasteiger partial charge in [-0.1, -0.05) is 13.3 Å². The number of nitrogens with one attached hydrogen (secondary N) is 2. The maximum absolute atomic E-state index is 12.0. The first-order chi connectivity index (χ1) is 13.4. The van der Waals surface area contributed by atoms with Crippen molar-refractivity contribution in [1.82, 2.24) is 0 Å². The van der Waals surface area contributed by atoms with E-state index in [-0.39, 0.29) is 5.97 Å². The summed E-state index contributed by atoms with van der Waals surface area (Å²) >= 11 is 6.79. The number of anilines is 2. The van der Waals surface area contributed by atoms with Crippen LogP contribution in [-0.4, -0.2) is 30.8 Å². The lowest BCUT2D eigenvalue weighted by molar-refractivity contribution is 0.0499. The van der Waals surface area contributed by atoms with E-state index in [2.05, 4.69) is 10.6 Å². The third kappa shape index (κ3) is 5.53. The third-order valence-electron chi connectivity index (χ3n) is 4.11. The van der Waals surface area contributed by atoms with Gasteiger partial charge in [-0.15, -0.1) is 11.3 Å². The normalized spacial score (nSPS) is 10.3. The number of aryl methyl sites for hydroxylation is 1. The monoisotopic (exact) mass is 420 g/mol. The van der Waals surface area contributed by atoms with E-state index in [9.17, 15) is 9.59 Å². The minimum absolute atomic E-state index is 0.338. The lowest BCUT2D eigenvalue weighted by Gasteiger charge is -2.11. The van der Waals surface area contributed by atoms with Crippen molar-refractivity contribution >= 4 is 51.3 Å². The summed E-state index contributed by atoms with van der Waals surface area (Å²) in [5.41, 5.74) is 2.55. The van der Waals surface area contributed by atoms with E-state index in [1.54, 1.807) is 24.3 Å². The summed E-state index contributed by atoms with van der Waals surface area (Å²) in [5.74, 6) is -0.744. The summed E-state index contributed by atoms with van der Waals surface area (Å²) in [6.07, 6.45) is 1.82. The molecule has 1 aromatic heterocycles. The summed E-state index contributed by atoms with van der Waals surface area (Å²) in [7, 11) is 1.35. The van der Waals surface area contributed by atoms with Gasteiger partial charge in [0.25, 0.3) is 0 Å². The molecule has 0 atom stereocenters. The number of esters is 2. The molecule has 2 rings (SSSR count). The second kappa shape index (κ2) is 10.2. The Morgan fingerprint density at radius 2 is 1.79 bits per heavy atom. The Balaban J connectivity index is 2.01. The highest BCUT2D eigenvalue weighted by Gasteiger charge is 2.20. The van der Waals surface area contributed by atoms with E-state index < -0.39 is 5.97 Å². The first-order valence-electron chi connectivity index (χ1n) is 8.90. The van der Waals surface area contributed by atoms with Crippen molar-refractivity contribution < 1.29 is 19.1 Å². The molecule has 0 radical (unpaired) electrons. The zero-order valence-corrected chi connectivity index (χ0v) is 18.0. The van der Waals surface area contributed by atoms with Gasteiger partial charge in [0.1, 0.15) is 5.00 Å². The first-order valence-corrected chi connectivity index (χ1v) is 10.1. The van der Waals surface area contributed by atoms with Gasteiger partial charge >= 0.3 is 11.9 Å². The van der Waals surface area contributed by atoms with Gasteiger partial charge in [-0.3, -0.25) is 0 Å². The van der Waals surface area contributed by atoms with Crippen molar-refractivity contribution in [3.05, 3.63) is 45.8 Å². The van der Waals surface area contributed by atoms with Crippen LogP contribution in [0.4, 0.5) is 10.7 Å². The quantitative estimate of drug-likeness (QED) is 0.374. The number of methoxy groups -OCH3 is 1. The number of thiocarbonyl (C=S) groups is 1. The molecule has 2 N–H and O–H groups in total. The highest BCUT2D eigenvalue weighted by molar-refractivity contribution is 7.80. The van der Waals surface area contributed by atoms with E-state index in [0.29, 0.717) is 33.5 Å². The van der Waals surface area contributed by atoms with Crippen LogP contribution in [0.1, 0.15) is 50.9 Å². The van der Waals surface area contributed by atoms with Gasteiger partial charge in [0.15, 0.2) is 5.11 Å². The van der Waals surface area contributed by atoms with Crippen molar-refractivity contribution in [2.75, 3.05) is 24.4 Å². The highest BCUT2D eigenvalue weighted by Crippen LogP contribution is 2.33. The molecule has 1 aromatic carbocycles.